The van der Waals surface area contributed by atoms with Crippen molar-refractivity contribution >= 4 is 16.6 Å². The fourth-order valence-corrected chi connectivity index (χ4v) is 2.03. The minimum absolute atomic E-state index is 0.601. The minimum Gasteiger partial charge on any atom is -0.444 e. The van der Waals surface area contributed by atoms with E-state index < -0.39 is 0 Å². The molecule has 0 aliphatic rings. The highest BCUT2D eigenvalue weighted by atomic mass is 16.4. The molecule has 0 saturated carbocycles. The summed E-state index contributed by atoms with van der Waals surface area (Å²) in [5.74, 6) is 1.55. The Kier molecular flexibility index (Phi) is 2.55. The molecule has 0 fully saturated rings. The van der Waals surface area contributed by atoms with Gasteiger partial charge in [-0.25, -0.2) is 4.98 Å². The first-order chi connectivity index (χ1) is 8.72. The predicted molar refractivity (Wildman–Crippen MR) is 71.5 cm³/mol. The number of hydrogen-bond acceptors (Lipinski definition) is 3. The Balaban J connectivity index is 1.80. The van der Waals surface area contributed by atoms with E-state index >= 15 is 0 Å². The zero-order chi connectivity index (χ0) is 12.5. The van der Waals surface area contributed by atoms with E-state index in [1.807, 2.05) is 14.0 Å². The van der Waals surface area contributed by atoms with Gasteiger partial charge in [0.2, 0.25) is 5.89 Å². The van der Waals surface area contributed by atoms with Crippen molar-refractivity contribution in [2.45, 2.75) is 13.5 Å². The molecule has 1 aromatic carbocycles. The van der Waals surface area contributed by atoms with Crippen LogP contribution in [0.1, 0.15) is 11.7 Å². The number of anilines is 1. The second kappa shape index (κ2) is 4.22. The Morgan fingerprint density at radius 1 is 1.33 bits per heavy atom. The molecule has 4 nitrogen and oxygen atoms in total. The second-order valence-electron chi connectivity index (χ2n) is 4.42. The van der Waals surface area contributed by atoms with E-state index in [4.69, 9.17) is 4.42 Å². The number of aryl methyl sites for hydroxylation is 2. The van der Waals surface area contributed by atoms with Crippen LogP contribution in [0.15, 0.2) is 41.1 Å². The van der Waals surface area contributed by atoms with Crippen molar-refractivity contribution in [2.24, 2.45) is 7.05 Å². The number of benzene rings is 1. The number of hydrogen-bond donors (Lipinski definition) is 1. The summed E-state index contributed by atoms with van der Waals surface area (Å²) in [5.41, 5.74) is 2.28. The largest absolute Gasteiger partial charge is 0.444 e. The molecule has 1 N–H and O–H groups in total. The summed E-state index contributed by atoms with van der Waals surface area (Å²) in [6.45, 7) is 2.50. The van der Waals surface area contributed by atoms with Crippen molar-refractivity contribution in [1.29, 1.82) is 0 Å². The van der Waals surface area contributed by atoms with E-state index in [9.17, 15) is 0 Å². The smallest absolute Gasteiger partial charge is 0.213 e. The van der Waals surface area contributed by atoms with Gasteiger partial charge < -0.3 is 14.3 Å². The highest BCUT2D eigenvalue weighted by molar-refractivity contribution is 5.83. The molecule has 0 radical (unpaired) electrons. The number of aromatic nitrogens is 2. The molecule has 0 spiro atoms. The molecule has 3 rings (SSSR count). The molecule has 92 valence electrons. The summed E-state index contributed by atoms with van der Waals surface area (Å²) in [6.07, 6.45) is 3.79. The summed E-state index contributed by atoms with van der Waals surface area (Å²) in [5, 5.41) is 4.56. The molecule has 0 amide bonds. The molecule has 2 heterocycles. The Morgan fingerprint density at radius 3 is 3.00 bits per heavy atom. The molecule has 3 aromatic rings. The third-order valence-corrected chi connectivity index (χ3v) is 3.00. The van der Waals surface area contributed by atoms with Crippen LogP contribution in [0.3, 0.4) is 0 Å². The second-order valence-corrected chi connectivity index (χ2v) is 4.42. The lowest BCUT2D eigenvalue weighted by molar-refractivity contribution is 0.479. The number of nitrogens with one attached hydrogen (secondary N) is 1. The van der Waals surface area contributed by atoms with Crippen molar-refractivity contribution in [2.75, 3.05) is 5.32 Å². The Morgan fingerprint density at radius 2 is 2.22 bits per heavy atom. The molecule has 4 heteroatoms. The molecule has 0 aliphatic heterocycles. The zero-order valence-electron chi connectivity index (χ0n) is 10.5. The molecular weight excluding hydrogens is 226 g/mol. The fourth-order valence-electron chi connectivity index (χ4n) is 2.03. The van der Waals surface area contributed by atoms with Gasteiger partial charge in [0, 0.05) is 24.4 Å². The minimum atomic E-state index is 0.601. The van der Waals surface area contributed by atoms with Crippen LogP contribution in [-0.2, 0) is 13.6 Å². The van der Waals surface area contributed by atoms with E-state index in [1.54, 1.807) is 6.20 Å². The molecule has 0 saturated heterocycles. The van der Waals surface area contributed by atoms with Gasteiger partial charge in [0.1, 0.15) is 5.76 Å². The van der Waals surface area contributed by atoms with Gasteiger partial charge in [0.25, 0.3) is 0 Å². The molecule has 2 aromatic heterocycles. The van der Waals surface area contributed by atoms with Crippen LogP contribution >= 0.6 is 0 Å². The van der Waals surface area contributed by atoms with Gasteiger partial charge in [-0.1, -0.05) is 6.07 Å². The van der Waals surface area contributed by atoms with Gasteiger partial charge >= 0.3 is 0 Å². The predicted octanol–water partition coefficient (Wildman–Crippen LogP) is 3.09. The van der Waals surface area contributed by atoms with Crippen molar-refractivity contribution in [3.05, 3.63) is 48.3 Å². The monoisotopic (exact) mass is 241 g/mol. The number of oxazole rings is 1. The fraction of sp³-hybridized carbons (Fsp3) is 0.214. The van der Waals surface area contributed by atoms with E-state index in [0.29, 0.717) is 12.4 Å². The molecule has 18 heavy (non-hydrogen) atoms. The number of fused-ring (bicyclic) bond motifs is 1. The molecule has 0 bridgehead atoms. The van der Waals surface area contributed by atoms with E-state index in [-0.39, 0.29) is 0 Å². The highest BCUT2D eigenvalue weighted by Crippen LogP contribution is 2.20. The highest BCUT2D eigenvalue weighted by Gasteiger charge is 2.02. The average Bonchev–Trinajstić information content (AvgIpc) is 2.94. The normalized spacial score (nSPS) is 11.0. The van der Waals surface area contributed by atoms with Crippen LogP contribution in [0, 0.1) is 6.92 Å². The Labute approximate surface area is 105 Å². The van der Waals surface area contributed by atoms with Crippen molar-refractivity contribution in [3.8, 4) is 0 Å². The lowest BCUT2D eigenvalue weighted by atomic mass is 10.2. The Hall–Kier alpha value is -2.23. The van der Waals surface area contributed by atoms with Gasteiger partial charge in [-0.2, -0.15) is 0 Å². The Bertz CT molecular complexity index is 681. The third-order valence-electron chi connectivity index (χ3n) is 3.00. The van der Waals surface area contributed by atoms with E-state index in [2.05, 4.69) is 45.3 Å². The van der Waals surface area contributed by atoms with Gasteiger partial charge in [0.15, 0.2) is 0 Å². The van der Waals surface area contributed by atoms with Gasteiger partial charge in [-0.05, 0) is 30.5 Å². The zero-order valence-corrected chi connectivity index (χ0v) is 10.5. The maximum atomic E-state index is 5.42. The standard InChI is InChI=1S/C14H15N3O/c1-10-8-16-14(18-10)9-15-12-4-3-11-5-6-17(2)13(11)7-12/h3-8,15H,9H2,1-2H3. The topological polar surface area (TPSA) is 43.0 Å². The van der Waals surface area contributed by atoms with Crippen molar-refractivity contribution in [1.82, 2.24) is 9.55 Å². The third kappa shape index (κ3) is 1.97. The first-order valence-corrected chi connectivity index (χ1v) is 5.92. The first kappa shape index (κ1) is 10.9. The molecular formula is C14H15N3O. The van der Waals surface area contributed by atoms with Crippen LogP contribution in [-0.4, -0.2) is 9.55 Å². The summed E-state index contributed by atoms with van der Waals surface area (Å²) in [6, 6.07) is 8.41. The van der Waals surface area contributed by atoms with Crippen LogP contribution in [0.2, 0.25) is 0 Å². The van der Waals surface area contributed by atoms with Crippen molar-refractivity contribution < 1.29 is 4.42 Å². The molecule has 0 unspecified atom stereocenters. The lowest BCUT2D eigenvalue weighted by Gasteiger charge is -2.05. The maximum Gasteiger partial charge on any atom is 0.213 e. The summed E-state index contributed by atoms with van der Waals surface area (Å²) in [7, 11) is 2.05. The summed E-state index contributed by atoms with van der Waals surface area (Å²) < 4.78 is 7.53. The van der Waals surface area contributed by atoms with E-state index in [1.165, 1.54) is 10.9 Å². The number of nitrogens with zero attached hydrogens (tertiary/aromatic N) is 2. The summed E-state index contributed by atoms with van der Waals surface area (Å²) in [4.78, 5) is 4.17. The average molecular weight is 241 g/mol. The van der Waals surface area contributed by atoms with Crippen LogP contribution in [0.25, 0.3) is 10.9 Å². The van der Waals surface area contributed by atoms with Crippen LogP contribution < -0.4 is 5.32 Å². The first-order valence-electron chi connectivity index (χ1n) is 5.92. The van der Waals surface area contributed by atoms with Crippen molar-refractivity contribution in [3.63, 3.8) is 0 Å². The molecule has 0 aliphatic carbocycles. The van der Waals surface area contributed by atoms with Crippen LogP contribution in [0.5, 0.6) is 0 Å². The van der Waals surface area contributed by atoms with Gasteiger partial charge in [0.05, 0.1) is 12.7 Å². The SMILES string of the molecule is Cc1cnc(CNc2ccc3ccn(C)c3c2)o1. The van der Waals surface area contributed by atoms with Gasteiger partial charge in [-0.15, -0.1) is 0 Å². The van der Waals surface area contributed by atoms with E-state index in [0.717, 1.165) is 11.4 Å². The number of rotatable bonds is 3. The maximum absolute atomic E-state index is 5.42. The van der Waals surface area contributed by atoms with Crippen LogP contribution in [0.4, 0.5) is 5.69 Å². The quantitative estimate of drug-likeness (QED) is 0.766. The lowest BCUT2D eigenvalue weighted by Crippen LogP contribution is -1.99. The van der Waals surface area contributed by atoms with Gasteiger partial charge in [-0.3, -0.25) is 0 Å². The molecule has 0 atom stereocenters. The summed E-state index contributed by atoms with van der Waals surface area (Å²) >= 11 is 0.